The number of rotatable bonds is 8. The van der Waals surface area contributed by atoms with Crippen molar-refractivity contribution in [2.24, 2.45) is 11.8 Å². The Morgan fingerprint density at radius 2 is 1.77 bits per heavy atom. The number of methoxy groups -OCH3 is 1. The van der Waals surface area contributed by atoms with Gasteiger partial charge in [-0.3, -0.25) is 14.4 Å². The summed E-state index contributed by atoms with van der Waals surface area (Å²) in [6.07, 6.45) is 3.98. The number of nitrogens with one attached hydrogen (secondary N) is 1. The van der Waals surface area contributed by atoms with Crippen LogP contribution in [-0.4, -0.2) is 36.1 Å². The fraction of sp³-hybridized carbons (Fsp3) is 0.367. The van der Waals surface area contributed by atoms with E-state index in [-0.39, 0.29) is 34.7 Å². The Balaban J connectivity index is 1.55. The first-order valence-electron chi connectivity index (χ1n) is 13.2. The Hall–Kier alpha value is -3.72. The second-order valence-corrected chi connectivity index (χ2v) is 11.1. The van der Waals surface area contributed by atoms with Gasteiger partial charge < -0.3 is 19.5 Å². The third-order valence-electron chi connectivity index (χ3n) is 7.89. The molecule has 2 heterocycles. The minimum atomic E-state index is -1.33. The van der Waals surface area contributed by atoms with Crippen LogP contribution in [0.2, 0.25) is 5.02 Å². The largest absolute Gasteiger partial charge is 0.497 e. The SMILES string of the molecule is COc1cc(F)c([C@@H]2CN(c3c(C)ccn(CC(C)C4CC4)c3=O)C(=O)C2NC(=O)c2ccc(Cl)cc2)c(F)c1. The minimum absolute atomic E-state index is 0.0201. The molecule has 2 fully saturated rings. The van der Waals surface area contributed by atoms with Crippen molar-refractivity contribution in [3.63, 3.8) is 0 Å². The summed E-state index contributed by atoms with van der Waals surface area (Å²) in [7, 11) is 1.29. The summed E-state index contributed by atoms with van der Waals surface area (Å²) in [6.45, 7) is 4.10. The van der Waals surface area contributed by atoms with Gasteiger partial charge in [-0.2, -0.15) is 0 Å². The normalized spacial score (nSPS) is 19.6. The van der Waals surface area contributed by atoms with Gasteiger partial charge >= 0.3 is 0 Å². The molecule has 1 saturated carbocycles. The highest BCUT2D eigenvalue weighted by atomic mass is 35.5. The quantitative estimate of drug-likeness (QED) is 0.411. The maximum absolute atomic E-state index is 15.3. The molecule has 1 aromatic heterocycles. The molecule has 7 nitrogen and oxygen atoms in total. The summed E-state index contributed by atoms with van der Waals surface area (Å²) in [5.74, 6) is -3.34. The van der Waals surface area contributed by atoms with Crippen molar-refractivity contribution in [3.05, 3.63) is 92.4 Å². The third kappa shape index (κ3) is 5.35. The van der Waals surface area contributed by atoms with E-state index in [2.05, 4.69) is 12.2 Å². The van der Waals surface area contributed by atoms with Gasteiger partial charge in [0.15, 0.2) is 0 Å². The number of aryl methyl sites for hydroxylation is 1. The number of halogens is 3. The summed E-state index contributed by atoms with van der Waals surface area (Å²) < 4.78 is 37.1. The molecule has 0 bridgehead atoms. The number of aromatic nitrogens is 1. The third-order valence-corrected chi connectivity index (χ3v) is 8.14. The number of hydrogen-bond acceptors (Lipinski definition) is 4. The van der Waals surface area contributed by atoms with Gasteiger partial charge in [-0.1, -0.05) is 18.5 Å². The van der Waals surface area contributed by atoms with Gasteiger partial charge in [0.1, 0.15) is 29.1 Å². The summed E-state index contributed by atoms with van der Waals surface area (Å²) in [6, 6.07) is 8.51. The van der Waals surface area contributed by atoms with E-state index in [9.17, 15) is 14.4 Å². The summed E-state index contributed by atoms with van der Waals surface area (Å²) in [4.78, 5) is 41.9. The van der Waals surface area contributed by atoms with E-state index in [1.165, 1.54) is 36.3 Å². The van der Waals surface area contributed by atoms with E-state index < -0.39 is 35.4 Å². The first-order chi connectivity index (χ1) is 19.1. The lowest BCUT2D eigenvalue weighted by atomic mass is 9.92. The number of carbonyl (C=O) groups is 2. The van der Waals surface area contributed by atoms with E-state index in [4.69, 9.17) is 16.3 Å². The maximum atomic E-state index is 15.3. The highest BCUT2D eigenvalue weighted by Crippen LogP contribution is 2.38. The molecule has 1 aliphatic carbocycles. The van der Waals surface area contributed by atoms with Crippen molar-refractivity contribution in [2.45, 2.75) is 45.2 Å². The van der Waals surface area contributed by atoms with E-state index in [1.807, 2.05) is 0 Å². The molecule has 40 heavy (non-hydrogen) atoms. The van der Waals surface area contributed by atoms with E-state index in [0.29, 0.717) is 29.0 Å². The molecule has 0 spiro atoms. The first-order valence-corrected chi connectivity index (χ1v) is 13.6. The number of ether oxygens (including phenoxy) is 1. The molecule has 1 aliphatic heterocycles. The Kier molecular flexibility index (Phi) is 7.68. The van der Waals surface area contributed by atoms with Gasteiger partial charge in [0.05, 0.1) is 7.11 Å². The van der Waals surface area contributed by atoms with Crippen LogP contribution < -0.4 is 20.5 Å². The van der Waals surface area contributed by atoms with Crippen LogP contribution in [0.1, 0.15) is 47.2 Å². The molecule has 2 unspecified atom stereocenters. The predicted octanol–water partition coefficient (Wildman–Crippen LogP) is 5.07. The van der Waals surface area contributed by atoms with Crippen LogP contribution in [0, 0.1) is 30.4 Å². The molecule has 3 atom stereocenters. The van der Waals surface area contributed by atoms with Gasteiger partial charge in [-0.05, 0) is 67.5 Å². The smallest absolute Gasteiger partial charge is 0.274 e. The summed E-state index contributed by atoms with van der Waals surface area (Å²) in [5, 5.41) is 3.08. The maximum Gasteiger partial charge on any atom is 0.274 e. The molecule has 2 amide bonds. The molecular formula is C30H30ClF2N3O4. The average Bonchev–Trinajstić information content (AvgIpc) is 3.73. The van der Waals surface area contributed by atoms with E-state index >= 15 is 8.78 Å². The van der Waals surface area contributed by atoms with Crippen LogP contribution in [0.4, 0.5) is 14.5 Å². The fourth-order valence-corrected chi connectivity index (χ4v) is 5.59. The van der Waals surface area contributed by atoms with E-state index in [1.54, 1.807) is 23.8 Å². The number of benzene rings is 2. The van der Waals surface area contributed by atoms with Gasteiger partial charge in [-0.25, -0.2) is 8.78 Å². The highest BCUT2D eigenvalue weighted by Gasteiger charge is 2.46. The van der Waals surface area contributed by atoms with Crippen LogP contribution >= 0.6 is 11.6 Å². The zero-order chi connectivity index (χ0) is 28.7. The summed E-state index contributed by atoms with van der Waals surface area (Å²) in [5.41, 5.74) is 0.178. The molecule has 0 radical (unpaired) electrons. The molecule has 2 aliphatic rings. The average molecular weight is 570 g/mol. The Bertz CT molecular complexity index is 1500. The molecule has 210 valence electrons. The van der Waals surface area contributed by atoms with Gasteiger partial charge in [0.2, 0.25) is 5.91 Å². The molecule has 5 rings (SSSR count). The highest BCUT2D eigenvalue weighted by molar-refractivity contribution is 6.30. The second-order valence-electron chi connectivity index (χ2n) is 10.6. The van der Waals surface area contributed by atoms with Crippen molar-refractivity contribution in [1.82, 2.24) is 9.88 Å². The van der Waals surface area contributed by atoms with Crippen molar-refractivity contribution in [3.8, 4) is 5.75 Å². The molecular weight excluding hydrogens is 540 g/mol. The lowest BCUT2D eigenvalue weighted by Gasteiger charge is -2.21. The van der Waals surface area contributed by atoms with E-state index in [0.717, 1.165) is 25.0 Å². The monoisotopic (exact) mass is 569 g/mol. The minimum Gasteiger partial charge on any atom is -0.497 e. The lowest BCUT2D eigenvalue weighted by Crippen LogP contribution is -2.45. The van der Waals surface area contributed by atoms with Gasteiger partial charge in [0, 0.05) is 53.5 Å². The lowest BCUT2D eigenvalue weighted by molar-refractivity contribution is -0.118. The van der Waals surface area contributed by atoms with Crippen molar-refractivity contribution >= 4 is 29.1 Å². The molecule has 3 aromatic rings. The number of carbonyl (C=O) groups excluding carboxylic acids is 2. The van der Waals surface area contributed by atoms with Crippen LogP contribution in [0.3, 0.4) is 0 Å². The number of anilines is 1. The second kappa shape index (κ2) is 11.0. The standard InChI is InChI=1S/C30H30ClF2N3O4/c1-16-10-11-35(14-17(2)18-4-5-18)30(39)27(16)36-15-22(25-23(32)12-21(40-3)13-24(25)33)26(29(36)38)34-28(37)19-6-8-20(31)9-7-19/h6-13,17-18,22,26H,4-5,14-15H2,1-3H3,(H,34,37)/t17?,22-,26?/m0/s1. The van der Waals surface area contributed by atoms with Crippen molar-refractivity contribution in [1.29, 1.82) is 0 Å². The van der Waals surface area contributed by atoms with Crippen LogP contribution in [0.5, 0.6) is 5.75 Å². The first kappa shape index (κ1) is 27.8. The number of pyridine rings is 1. The Morgan fingerprint density at radius 1 is 1.12 bits per heavy atom. The van der Waals surface area contributed by atoms with Gasteiger partial charge in [-0.15, -0.1) is 0 Å². The molecule has 1 saturated heterocycles. The van der Waals surface area contributed by atoms with Gasteiger partial charge in [0.25, 0.3) is 11.5 Å². The molecule has 2 aromatic carbocycles. The molecule has 10 heteroatoms. The van der Waals surface area contributed by atoms with Crippen molar-refractivity contribution < 1.29 is 23.1 Å². The predicted molar refractivity (Wildman–Crippen MR) is 148 cm³/mol. The molecule has 1 N–H and O–H groups in total. The number of nitrogens with zero attached hydrogens (tertiary/aromatic N) is 2. The van der Waals surface area contributed by atoms with Crippen LogP contribution in [-0.2, 0) is 11.3 Å². The number of hydrogen-bond donors (Lipinski definition) is 1. The Morgan fingerprint density at radius 3 is 2.38 bits per heavy atom. The van der Waals surface area contributed by atoms with Crippen LogP contribution in [0.15, 0.2) is 53.5 Å². The zero-order valence-electron chi connectivity index (χ0n) is 22.4. The fourth-order valence-electron chi connectivity index (χ4n) is 5.46. The Labute approximate surface area is 235 Å². The number of amides is 2. The zero-order valence-corrected chi connectivity index (χ0v) is 23.2. The topological polar surface area (TPSA) is 80.6 Å². The summed E-state index contributed by atoms with van der Waals surface area (Å²) >= 11 is 5.94. The van der Waals surface area contributed by atoms with Crippen LogP contribution in [0.25, 0.3) is 0 Å². The van der Waals surface area contributed by atoms with Crippen molar-refractivity contribution in [2.75, 3.05) is 18.6 Å².